The summed E-state index contributed by atoms with van der Waals surface area (Å²) in [5.74, 6) is 1.07. The Labute approximate surface area is 183 Å². The third-order valence-corrected chi connectivity index (χ3v) is 6.03. The van der Waals surface area contributed by atoms with Crippen LogP contribution < -0.4 is 10.2 Å². The van der Waals surface area contributed by atoms with Crippen LogP contribution in [0.15, 0.2) is 42.6 Å². The maximum Gasteiger partial charge on any atom is 0.128 e. The third-order valence-electron chi connectivity index (χ3n) is 5.78. The molecule has 3 aromatic rings. The summed E-state index contributed by atoms with van der Waals surface area (Å²) in [6.07, 6.45) is 1.92. The van der Waals surface area contributed by atoms with Crippen molar-refractivity contribution in [3.05, 3.63) is 70.1 Å². The van der Waals surface area contributed by atoms with E-state index in [0.29, 0.717) is 0 Å². The van der Waals surface area contributed by atoms with Gasteiger partial charge in [0.15, 0.2) is 0 Å². The number of aryl methyl sites for hydroxylation is 1. The van der Waals surface area contributed by atoms with Crippen LogP contribution in [0, 0.1) is 13.8 Å². The van der Waals surface area contributed by atoms with Gasteiger partial charge < -0.3 is 15.1 Å². The average Bonchev–Trinajstić information content (AvgIpc) is 3.03. The summed E-state index contributed by atoms with van der Waals surface area (Å²) < 4.78 is 1.99. The maximum absolute atomic E-state index is 6.02. The highest BCUT2D eigenvalue weighted by molar-refractivity contribution is 6.30. The van der Waals surface area contributed by atoms with Gasteiger partial charge in [-0.05, 0) is 62.9 Å². The van der Waals surface area contributed by atoms with Gasteiger partial charge in [-0.1, -0.05) is 11.6 Å². The van der Waals surface area contributed by atoms with E-state index in [1.165, 1.54) is 11.1 Å². The van der Waals surface area contributed by atoms with Gasteiger partial charge in [0, 0.05) is 61.7 Å². The van der Waals surface area contributed by atoms with Crippen molar-refractivity contribution in [1.82, 2.24) is 25.0 Å². The molecule has 158 valence electrons. The Morgan fingerprint density at radius 3 is 2.47 bits per heavy atom. The molecule has 0 unspecified atom stereocenters. The van der Waals surface area contributed by atoms with Crippen molar-refractivity contribution in [2.75, 3.05) is 38.1 Å². The van der Waals surface area contributed by atoms with Crippen molar-refractivity contribution >= 4 is 17.4 Å². The smallest absolute Gasteiger partial charge is 0.128 e. The maximum atomic E-state index is 6.02. The quantitative estimate of drug-likeness (QED) is 0.655. The predicted molar refractivity (Wildman–Crippen MR) is 123 cm³/mol. The van der Waals surface area contributed by atoms with E-state index in [9.17, 15) is 0 Å². The van der Waals surface area contributed by atoms with E-state index in [4.69, 9.17) is 16.7 Å². The summed E-state index contributed by atoms with van der Waals surface area (Å²) in [6, 6.07) is 12.1. The Kier molecular flexibility index (Phi) is 6.37. The molecule has 1 saturated heterocycles. The molecule has 0 atom stereocenters. The Morgan fingerprint density at radius 1 is 1.00 bits per heavy atom. The molecule has 1 aliphatic rings. The molecule has 4 rings (SSSR count). The molecule has 1 aromatic carbocycles. The first kappa shape index (κ1) is 20.8. The molecule has 0 saturated carbocycles. The van der Waals surface area contributed by atoms with Gasteiger partial charge in [-0.3, -0.25) is 0 Å². The van der Waals surface area contributed by atoms with Crippen LogP contribution in [0.25, 0.3) is 5.69 Å². The Bertz CT molecular complexity index is 989. The van der Waals surface area contributed by atoms with Crippen LogP contribution in [0.5, 0.6) is 0 Å². The number of nitrogens with zero attached hydrogens (tertiary/aromatic N) is 5. The predicted octanol–water partition coefficient (Wildman–Crippen LogP) is 3.58. The van der Waals surface area contributed by atoms with E-state index in [2.05, 4.69) is 53.1 Å². The minimum Gasteiger partial charge on any atom is -0.354 e. The molecule has 0 radical (unpaired) electrons. The second-order valence-electron chi connectivity index (χ2n) is 7.95. The van der Waals surface area contributed by atoms with Crippen molar-refractivity contribution < 1.29 is 0 Å². The monoisotopic (exact) mass is 424 g/mol. The number of piperazine rings is 1. The van der Waals surface area contributed by atoms with Gasteiger partial charge in [-0.15, -0.1) is 0 Å². The molecule has 0 spiro atoms. The van der Waals surface area contributed by atoms with E-state index < -0.39 is 0 Å². The number of benzene rings is 1. The number of aromatic nitrogens is 3. The van der Waals surface area contributed by atoms with E-state index >= 15 is 0 Å². The Hall–Kier alpha value is -2.41. The molecular weight excluding hydrogens is 396 g/mol. The molecule has 0 aliphatic carbocycles. The fourth-order valence-corrected chi connectivity index (χ4v) is 4.00. The molecule has 1 N–H and O–H groups in total. The first-order chi connectivity index (χ1) is 14.5. The van der Waals surface area contributed by atoms with Crippen LogP contribution in [0.2, 0.25) is 5.02 Å². The molecule has 0 amide bonds. The summed E-state index contributed by atoms with van der Waals surface area (Å²) in [7, 11) is 2.17. The van der Waals surface area contributed by atoms with Crippen LogP contribution in [0.3, 0.4) is 0 Å². The summed E-state index contributed by atoms with van der Waals surface area (Å²) in [6.45, 7) is 9.98. The van der Waals surface area contributed by atoms with Gasteiger partial charge in [0.05, 0.1) is 11.4 Å². The lowest BCUT2D eigenvalue weighted by Crippen LogP contribution is -2.44. The summed E-state index contributed by atoms with van der Waals surface area (Å²) in [5.41, 5.74) is 5.70. The van der Waals surface area contributed by atoms with E-state index in [-0.39, 0.29) is 0 Å². The lowest BCUT2D eigenvalue weighted by atomic mass is 10.2. The van der Waals surface area contributed by atoms with Gasteiger partial charge in [-0.25, -0.2) is 9.67 Å². The van der Waals surface area contributed by atoms with Gasteiger partial charge in [0.1, 0.15) is 5.82 Å². The SMILES string of the molecule is Cc1nn(-c2ccc(Cl)cc2)c(C)c1CNCc1ccnc(N2CCN(C)CC2)c1. The first-order valence-corrected chi connectivity index (χ1v) is 10.8. The fraction of sp³-hybridized carbons (Fsp3) is 0.391. The first-order valence-electron chi connectivity index (χ1n) is 10.4. The van der Waals surface area contributed by atoms with Crippen LogP contribution in [0.4, 0.5) is 5.82 Å². The molecule has 2 aromatic heterocycles. The zero-order valence-electron chi connectivity index (χ0n) is 17.9. The van der Waals surface area contributed by atoms with Crippen LogP contribution >= 0.6 is 11.6 Å². The van der Waals surface area contributed by atoms with Crippen molar-refractivity contribution in [2.45, 2.75) is 26.9 Å². The number of rotatable bonds is 6. The second kappa shape index (κ2) is 9.16. The number of hydrogen-bond donors (Lipinski definition) is 1. The minimum absolute atomic E-state index is 0.732. The Balaban J connectivity index is 1.40. The average molecular weight is 425 g/mol. The second-order valence-corrected chi connectivity index (χ2v) is 8.39. The number of nitrogens with one attached hydrogen (secondary N) is 1. The lowest BCUT2D eigenvalue weighted by molar-refractivity contribution is 0.312. The number of pyridine rings is 1. The van der Waals surface area contributed by atoms with Gasteiger partial charge in [0.25, 0.3) is 0 Å². The topological polar surface area (TPSA) is 49.2 Å². The highest BCUT2D eigenvalue weighted by atomic mass is 35.5. The number of halogens is 1. The van der Waals surface area contributed by atoms with Crippen molar-refractivity contribution in [2.24, 2.45) is 0 Å². The fourth-order valence-electron chi connectivity index (χ4n) is 3.88. The molecule has 1 fully saturated rings. The largest absolute Gasteiger partial charge is 0.354 e. The van der Waals surface area contributed by atoms with Gasteiger partial charge in [0.2, 0.25) is 0 Å². The summed E-state index contributed by atoms with van der Waals surface area (Å²) in [4.78, 5) is 9.31. The third kappa shape index (κ3) is 4.67. The minimum atomic E-state index is 0.732. The van der Waals surface area contributed by atoms with Crippen molar-refractivity contribution in [1.29, 1.82) is 0 Å². The summed E-state index contributed by atoms with van der Waals surface area (Å²) in [5, 5.41) is 9.04. The van der Waals surface area contributed by atoms with E-state index in [0.717, 1.165) is 67.2 Å². The molecule has 3 heterocycles. The molecule has 7 heteroatoms. The molecular formula is C23H29ClN6. The van der Waals surface area contributed by atoms with E-state index in [1.807, 2.05) is 35.1 Å². The number of likely N-dealkylation sites (N-methyl/N-ethyl adjacent to an activating group) is 1. The highest BCUT2D eigenvalue weighted by Crippen LogP contribution is 2.20. The van der Waals surface area contributed by atoms with Crippen LogP contribution in [-0.4, -0.2) is 52.9 Å². The number of anilines is 1. The van der Waals surface area contributed by atoms with Gasteiger partial charge >= 0.3 is 0 Å². The number of hydrogen-bond acceptors (Lipinski definition) is 5. The zero-order chi connectivity index (χ0) is 21.1. The summed E-state index contributed by atoms with van der Waals surface area (Å²) >= 11 is 6.02. The normalized spacial score (nSPS) is 15.0. The van der Waals surface area contributed by atoms with Crippen LogP contribution in [0.1, 0.15) is 22.5 Å². The molecule has 30 heavy (non-hydrogen) atoms. The highest BCUT2D eigenvalue weighted by Gasteiger charge is 2.16. The van der Waals surface area contributed by atoms with E-state index in [1.54, 1.807) is 0 Å². The molecule has 1 aliphatic heterocycles. The van der Waals surface area contributed by atoms with Gasteiger partial charge in [-0.2, -0.15) is 5.10 Å². The molecule has 6 nitrogen and oxygen atoms in total. The van der Waals surface area contributed by atoms with Crippen molar-refractivity contribution in [3.8, 4) is 5.69 Å². The Morgan fingerprint density at radius 2 is 1.73 bits per heavy atom. The lowest BCUT2D eigenvalue weighted by Gasteiger charge is -2.33. The van der Waals surface area contributed by atoms with Crippen molar-refractivity contribution in [3.63, 3.8) is 0 Å². The standard InChI is InChI=1S/C23H29ClN6/c1-17-22(18(2)30(27-17)21-6-4-20(24)5-7-21)16-25-15-19-8-9-26-23(14-19)29-12-10-28(3)11-13-29/h4-9,14,25H,10-13,15-16H2,1-3H3. The zero-order valence-corrected chi connectivity index (χ0v) is 18.7. The molecule has 0 bridgehead atoms. The van der Waals surface area contributed by atoms with Crippen LogP contribution in [-0.2, 0) is 13.1 Å².